The van der Waals surface area contributed by atoms with E-state index in [0.717, 1.165) is 16.9 Å². The van der Waals surface area contributed by atoms with Gasteiger partial charge in [-0.1, -0.05) is 63.2 Å². The molecule has 0 saturated heterocycles. The molecule has 34 heavy (non-hydrogen) atoms. The number of benzene rings is 3. The van der Waals surface area contributed by atoms with E-state index in [-0.39, 0.29) is 23.7 Å². The summed E-state index contributed by atoms with van der Waals surface area (Å²) in [5.41, 5.74) is 6.45. The Morgan fingerprint density at radius 1 is 0.882 bits per heavy atom. The van der Waals surface area contributed by atoms with E-state index in [1.807, 2.05) is 54.6 Å². The second kappa shape index (κ2) is 11.3. The Hall–Kier alpha value is -3.93. The molecule has 0 unspecified atom stereocenters. The van der Waals surface area contributed by atoms with E-state index in [0.29, 0.717) is 23.6 Å². The number of rotatable bonds is 8. The fourth-order valence-corrected chi connectivity index (χ4v) is 3.18. The average molecular weight is 458 g/mol. The smallest absolute Gasteiger partial charge is 0.271 e. The number of nitrogens with zero attached hydrogens (tertiary/aromatic N) is 1. The molecule has 0 aliphatic rings. The second-order valence-corrected chi connectivity index (χ2v) is 9.14. The molecule has 0 atom stereocenters. The van der Waals surface area contributed by atoms with E-state index in [1.165, 1.54) is 0 Å². The average Bonchev–Trinajstić information content (AvgIpc) is 2.82. The minimum Gasteiger partial charge on any atom is -0.489 e. The third kappa shape index (κ3) is 7.59. The maximum Gasteiger partial charge on any atom is 0.271 e. The van der Waals surface area contributed by atoms with Crippen LogP contribution in [0.4, 0.5) is 5.69 Å². The third-order valence-electron chi connectivity index (χ3n) is 5.16. The van der Waals surface area contributed by atoms with Gasteiger partial charge in [-0.3, -0.25) is 9.59 Å². The van der Waals surface area contributed by atoms with E-state index in [1.54, 1.807) is 31.2 Å². The normalized spacial score (nSPS) is 11.6. The number of hydrogen-bond acceptors (Lipinski definition) is 4. The van der Waals surface area contributed by atoms with Gasteiger partial charge in [0.25, 0.3) is 5.91 Å². The lowest BCUT2D eigenvalue weighted by atomic mass is 9.87. The summed E-state index contributed by atoms with van der Waals surface area (Å²) in [6.45, 7) is 8.54. The molecule has 6 nitrogen and oxygen atoms in total. The Morgan fingerprint density at radius 3 is 2.15 bits per heavy atom. The molecule has 0 spiro atoms. The highest BCUT2D eigenvalue weighted by molar-refractivity contribution is 6.06. The van der Waals surface area contributed by atoms with Gasteiger partial charge in [-0.15, -0.1) is 0 Å². The zero-order chi connectivity index (χ0) is 24.6. The lowest BCUT2D eigenvalue weighted by molar-refractivity contribution is -0.115. The van der Waals surface area contributed by atoms with E-state index in [2.05, 4.69) is 36.6 Å². The van der Waals surface area contributed by atoms with E-state index < -0.39 is 0 Å². The Bertz CT molecular complexity index is 1130. The Balaban J connectivity index is 1.46. The molecule has 0 heterocycles. The number of hydrazone groups is 1. The van der Waals surface area contributed by atoms with Gasteiger partial charge in [0.1, 0.15) is 12.4 Å². The van der Waals surface area contributed by atoms with Crippen molar-refractivity contribution in [3.8, 4) is 5.75 Å². The number of carbonyl (C=O) groups is 2. The van der Waals surface area contributed by atoms with Crippen LogP contribution in [0.2, 0.25) is 0 Å². The zero-order valence-corrected chi connectivity index (χ0v) is 20.1. The summed E-state index contributed by atoms with van der Waals surface area (Å²) in [7, 11) is 0. The number of amides is 2. The van der Waals surface area contributed by atoms with Crippen molar-refractivity contribution >= 4 is 23.2 Å². The number of hydrogen-bond donors (Lipinski definition) is 2. The molecule has 2 N–H and O–H groups in total. The first-order chi connectivity index (χ1) is 16.2. The van der Waals surface area contributed by atoms with Gasteiger partial charge in [-0.25, -0.2) is 5.43 Å². The maximum absolute atomic E-state index is 12.3. The fourth-order valence-electron chi connectivity index (χ4n) is 3.18. The van der Waals surface area contributed by atoms with Crippen LogP contribution in [0.1, 0.15) is 55.6 Å². The maximum atomic E-state index is 12.3. The molecular formula is C28H31N3O3. The summed E-state index contributed by atoms with van der Waals surface area (Å²) in [6, 6.07) is 24.5. The van der Waals surface area contributed by atoms with Gasteiger partial charge in [0.15, 0.2) is 0 Å². The molecule has 3 aromatic carbocycles. The Kier molecular flexibility index (Phi) is 8.19. The summed E-state index contributed by atoms with van der Waals surface area (Å²) in [4.78, 5) is 24.7. The van der Waals surface area contributed by atoms with Gasteiger partial charge in [0.05, 0.1) is 6.42 Å². The van der Waals surface area contributed by atoms with E-state index in [4.69, 9.17) is 4.74 Å². The molecule has 2 amide bonds. The minimum atomic E-state index is -0.314. The summed E-state index contributed by atoms with van der Waals surface area (Å²) in [6.07, 6.45) is 0.0650. The predicted molar refractivity (Wildman–Crippen MR) is 136 cm³/mol. The molecule has 0 fully saturated rings. The lowest BCUT2D eigenvalue weighted by Crippen LogP contribution is -2.21. The molecule has 0 saturated carbocycles. The van der Waals surface area contributed by atoms with Crippen LogP contribution >= 0.6 is 0 Å². The van der Waals surface area contributed by atoms with Crippen LogP contribution < -0.4 is 15.5 Å². The number of carbonyl (C=O) groups excluding carboxylic acids is 2. The van der Waals surface area contributed by atoms with Gasteiger partial charge in [-0.05, 0) is 59.9 Å². The summed E-state index contributed by atoms with van der Waals surface area (Å²) in [5, 5.41) is 6.88. The van der Waals surface area contributed by atoms with Crippen molar-refractivity contribution in [3.05, 3.63) is 95.6 Å². The molecule has 0 aliphatic carbocycles. The largest absolute Gasteiger partial charge is 0.489 e. The van der Waals surface area contributed by atoms with Crippen molar-refractivity contribution in [2.75, 3.05) is 5.32 Å². The zero-order valence-electron chi connectivity index (χ0n) is 20.1. The Morgan fingerprint density at radius 2 is 1.53 bits per heavy atom. The SMILES string of the molecule is CC(CC(=O)Nc1ccc(OCc2ccccc2)cc1)=NNC(=O)c1ccc(C(C)(C)C)cc1. The molecule has 176 valence electrons. The minimum absolute atomic E-state index is 0.0205. The summed E-state index contributed by atoms with van der Waals surface area (Å²) >= 11 is 0. The molecule has 0 aromatic heterocycles. The number of nitrogens with one attached hydrogen (secondary N) is 2. The van der Waals surface area contributed by atoms with Crippen molar-refractivity contribution in [1.29, 1.82) is 0 Å². The van der Waals surface area contributed by atoms with Gasteiger partial charge in [0.2, 0.25) is 5.91 Å². The van der Waals surface area contributed by atoms with Gasteiger partial charge >= 0.3 is 0 Å². The lowest BCUT2D eigenvalue weighted by Gasteiger charge is -2.18. The predicted octanol–water partition coefficient (Wildman–Crippen LogP) is 5.70. The number of ether oxygens (including phenoxy) is 1. The first kappa shape index (κ1) is 24.7. The second-order valence-electron chi connectivity index (χ2n) is 9.14. The monoisotopic (exact) mass is 457 g/mol. The van der Waals surface area contributed by atoms with Gasteiger partial charge in [-0.2, -0.15) is 5.10 Å². The third-order valence-corrected chi connectivity index (χ3v) is 5.16. The molecule has 3 aromatic rings. The van der Waals surface area contributed by atoms with Crippen LogP contribution in [-0.4, -0.2) is 17.5 Å². The van der Waals surface area contributed by atoms with E-state index in [9.17, 15) is 9.59 Å². The summed E-state index contributed by atoms with van der Waals surface area (Å²) < 4.78 is 5.76. The molecular weight excluding hydrogens is 426 g/mol. The first-order valence-corrected chi connectivity index (χ1v) is 11.2. The molecule has 0 radical (unpaired) electrons. The van der Waals surface area contributed by atoms with Crippen LogP contribution in [0.25, 0.3) is 0 Å². The van der Waals surface area contributed by atoms with Crippen molar-refractivity contribution in [2.24, 2.45) is 5.10 Å². The highest BCUT2D eigenvalue weighted by Crippen LogP contribution is 2.22. The standard InChI is InChI=1S/C28H31N3O3/c1-20(30-31-27(33)22-10-12-23(13-11-22)28(2,3)4)18-26(32)29-24-14-16-25(17-15-24)34-19-21-8-6-5-7-9-21/h5-17H,18-19H2,1-4H3,(H,29,32)(H,31,33). The van der Waals surface area contributed by atoms with Crippen molar-refractivity contribution in [1.82, 2.24) is 5.43 Å². The van der Waals surface area contributed by atoms with Crippen molar-refractivity contribution in [3.63, 3.8) is 0 Å². The highest BCUT2D eigenvalue weighted by Gasteiger charge is 2.14. The van der Waals surface area contributed by atoms with E-state index >= 15 is 0 Å². The molecule has 0 bridgehead atoms. The van der Waals surface area contributed by atoms with Crippen LogP contribution in [0.15, 0.2) is 84.0 Å². The highest BCUT2D eigenvalue weighted by atomic mass is 16.5. The number of anilines is 1. The molecule has 3 rings (SSSR count). The van der Waals surface area contributed by atoms with Crippen LogP contribution in [0.3, 0.4) is 0 Å². The summed E-state index contributed by atoms with van der Waals surface area (Å²) in [5.74, 6) is 0.187. The van der Waals surface area contributed by atoms with Crippen molar-refractivity contribution < 1.29 is 14.3 Å². The quantitative estimate of drug-likeness (QED) is 0.336. The van der Waals surface area contributed by atoms with Crippen molar-refractivity contribution in [2.45, 2.75) is 46.1 Å². The van der Waals surface area contributed by atoms with Crippen LogP contribution in [0.5, 0.6) is 5.75 Å². The fraction of sp³-hybridized carbons (Fsp3) is 0.250. The van der Waals surface area contributed by atoms with Crippen LogP contribution in [-0.2, 0) is 16.8 Å². The first-order valence-electron chi connectivity index (χ1n) is 11.2. The topological polar surface area (TPSA) is 79.8 Å². The van der Waals surface area contributed by atoms with Gasteiger partial charge < -0.3 is 10.1 Å². The van der Waals surface area contributed by atoms with Crippen LogP contribution in [0, 0.1) is 0 Å². The van der Waals surface area contributed by atoms with Gasteiger partial charge in [0, 0.05) is 17.0 Å². The molecule has 6 heteroatoms. The Labute approximate surface area is 201 Å². The molecule has 0 aliphatic heterocycles.